The maximum absolute atomic E-state index is 12.3. The highest BCUT2D eigenvalue weighted by molar-refractivity contribution is 5.80. The zero-order chi connectivity index (χ0) is 17.8. The van der Waals surface area contributed by atoms with Gasteiger partial charge in [0.1, 0.15) is 18.9 Å². The minimum absolute atomic E-state index is 0.00929. The molecule has 1 amide bonds. The van der Waals surface area contributed by atoms with Crippen molar-refractivity contribution in [3.63, 3.8) is 0 Å². The highest BCUT2D eigenvalue weighted by Crippen LogP contribution is 2.12. The smallest absolute Gasteiger partial charge is 0.329 e. The number of carbonyl (C=O) groups excluding carboxylic acids is 1. The zero-order valence-electron chi connectivity index (χ0n) is 14.4. The number of fused-ring (bicyclic) bond motifs is 1. The topological polar surface area (TPSA) is 65.3 Å². The van der Waals surface area contributed by atoms with E-state index in [0.717, 1.165) is 22.3 Å². The molecule has 0 atom stereocenters. The number of benzene rings is 2. The number of hydrogen-bond donors (Lipinski definition) is 1. The summed E-state index contributed by atoms with van der Waals surface area (Å²) < 4.78 is 8.62. The predicted molar refractivity (Wildman–Crippen MR) is 96.9 cm³/mol. The summed E-state index contributed by atoms with van der Waals surface area (Å²) in [7, 11) is 1.70. The minimum atomic E-state index is -0.216. The molecule has 1 heterocycles. The number of nitrogens with one attached hydrogen (secondary N) is 1. The van der Waals surface area contributed by atoms with Crippen LogP contribution in [0, 0.1) is 6.92 Å². The fraction of sp³-hybridized carbons (Fsp3) is 0.263. The summed E-state index contributed by atoms with van der Waals surface area (Å²) >= 11 is 0. The summed E-state index contributed by atoms with van der Waals surface area (Å²) in [6, 6.07) is 15.2. The van der Waals surface area contributed by atoms with Gasteiger partial charge in [0.15, 0.2) is 0 Å². The van der Waals surface area contributed by atoms with Crippen LogP contribution in [0.1, 0.15) is 5.56 Å². The number of aryl methyl sites for hydroxylation is 2. The van der Waals surface area contributed by atoms with Crippen LogP contribution in [0.15, 0.2) is 53.3 Å². The molecule has 130 valence electrons. The van der Waals surface area contributed by atoms with Gasteiger partial charge in [-0.2, -0.15) is 0 Å². The van der Waals surface area contributed by atoms with E-state index in [1.807, 2.05) is 55.5 Å². The average molecular weight is 339 g/mol. The monoisotopic (exact) mass is 339 g/mol. The molecule has 0 radical (unpaired) electrons. The predicted octanol–water partition coefficient (Wildman–Crippen LogP) is 1.84. The van der Waals surface area contributed by atoms with Crippen molar-refractivity contribution in [1.29, 1.82) is 0 Å². The fourth-order valence-electron chi connectivity index (χ4n) is 2.78. The zero-order valence-corrected chi connectivity index (χ0v) is 14.4. The van der Waals surface area contributed by atoms with Crippen molar-refractivity contribution in [2.24, 2.45) is 7.05 Å². The number of ether oxygens (including phenoxy) is 1. The van der Waals surface area contributed by atoms with Gasteiger partial charge in [0.2, 0.25) is 5.91 Å². The molecular weight excluding hydrogens is 318 g/mol. The average Bonchev–Trinajstić information content (AvgIpc) is 2.84. The van der Waals surface area contributed by atoms with Crippen LogP contribution in [-0.2, 0) is 18.4 Å². The SMILES string of the molecule is Cc1cccc(OCCNC(=O)Cn2c(=O)n(C)c3ccccc32)c1. The fourth-order valence-corrected chi connectivity index (χ4v) is 2.78. The van der Waals surface area contributed by atoms with Crippen LogP contribution in [0.5, 0.6) is 5.75 Å². The molecule has 3 rings (SSSR count). The van der Waals surface area contributed by atoms with Crippen molar-refractivity contribution >= 4 is 16.9 Å². The lowest BCUT2D eigenvalue weighted by Crippen LogP contribution is -2.34. The van der Waals surface area contributed by atoms with Crippen molar-refractivity contribution in [2.75, 3.05) is 13.2 Å². The largest absolute Gasteiger partial charge is 0.492 e. The van der Waals surface area contributed by atoms with E-state index in [9.17, 15) is 9.59 Å². The van der Waals surface area contributed by atoms with Gasteiger partial charge in [0, 0.05) is 7.05 Å². The van der Waals surface area contributed by atoms with E-state index in [4.69, 9.17) is 4.74 Å². The van der Waals surface area contributed by atoms with Crippen LogP contribution in [0.3, 0.4) is 0 Å². The van der Waals surface area contributed by atoms with E-state index < -0.39 is 0 Å². The molecule has 0 spiro atoms. The molecule has 6 heteroatoms. The number of carbonyl (C=O) groups is 1. The quantitative estimate of drug-likeness (QED) is 0.697. The molecule has 25 heavy (non-hydrogen) atoms. The van der Waals surface area contributed by atoms with Crippen LogP contribution in [0.4, 0.5) is 0 Å². The molecule has 0 saturated carbocycles. The molecule has 0 unspecified atom stereocenters. The lowest BCUT2D eigenvalue weighted by molar-refractivity contribution is -0.121. The van der Waals surface area contributed by atoms with Gasteiger partial charge in [-0.05, 0) is 36.8 Å². The first-order valence-corrected chi connectivity index (χ1v) is 8.16. The summed E-state index contributed by atoms with van der Waals surface area (Å²) in [6.07, 6.45) is 0. The molecule has 0 aliphatic heterocycles. The number of hydrogen-bond acceptors (Lipinski definition) is 3. The van der Waals surface area contributed by atoms with E-state index in [-0.39, 0.29) is 18.1 Å². The van der Waals surface area contributed by atoms with Crippen molar-refractivity contribution in [3.8, 4) is 5.75 Å². The van der Waals surface area contributed by atoms with Gasteiger partial charge in [-0.25, -0.2) is 4.79 Å². The van der Waals surface area contributed by atoms with Crippen LogP contribution >= 0.6 is 0 Å². The number of imidazole rings is 1. The Kier molecular flexibility index (Phi) is 4.88. The van der Waals surface area contributed by atoms with E-state index in [1.165, 1.54) is 4.57 Å². The number of rotatable bonds is 6. The van der Waals surface area contributed by atoms with Crippen LogP contribution in [0.2, 0.25) is 0 Å². The Morgan fingerprint density at radius 2 is 1.88 bits per heavy atom. The van der Waals surface area contributed by atoms with Gasteiger partial charge >= 0.3 is 5.69 Å². The third-order valence-electron chi connectivity index (χ3n) is 4.04. The molecule has 0 bridgehead atoms. The minimum Gasteiger partial charge on any atom is -0.492 e. The second-order valence-electron chi connectivity index (χ2n) is 5.93. The Bertz CT molecular complexity index is 956. The first-order valence-electron chi connectivity index (χ1n) is 8.16. The van der Waals surface area contributed by atoms with Crippen molar-refractivity contribution in [3.05, 3.63) is 64.6 Å². The molecular formula is C19H21N3O3. The summed E-state index contributed by atoms with van der Waals surface area (Å²) in [6.45, 7) is 2.74. The summed E-state index contributed by atoms with van der Waals surface area (Å²) in [5.74, 6) is 0.561. The first kappa shape index (κ1) is 16.8. The Hall–Kier alpha value is -3.02. The summed E-state index contributed by atoms with van der Waals surface area (Å²) in [5, 5.41) is 2.78. The molecule has 0 fully saturated rings. The van der Waals surface area contributed by atoms with Gasteiger partial charge in [0.05, 0.1) is 17.6 Å². The van der Waals surface area contributed by atoms with Gasteiger partial charge in [-0.15, -0.1) is 0 Å². The summed E-state index contributed by atoms with van der Waals surface area (Å²) in [5.41, 5.74) is 2.48. The van der Waals surface area contributed by atoms with E-state index >= 15 is 0 Å². The van der Waals surface area contributed by atoms with Gasteiger partial charge in [0.25, 0.3) is 0 Å². The second-order valence-corrected chi connectivity index (χ2v) is 5.93. The normalized spacial score (nSPS) is 10.8. The number of para-hydroxylation sites is 2. The molecule has 1 aromatic heterocycles. The van der Waals surface area contributed by atoms with Gasteiger partial charge in [-0.3, -0.25) is 13.9 Å². The molecule has 0 aliphatic rings. The molecule has 1 N–H and O–H groups in total. The third-order valence-corrected chi connectivity index (χ3v) is 4.04. The Morgan fingerprint density at radius 3 is 2.64 bits per heavy atom. The van der Waals surface area contributed by atoms with Gasteiger partial charge in [-0.1, -0.05) is 24.3 Å². The summed E-state index contributed by atoms with van der Waals surface area (Å²) in [4.78, 5) is 24.4. The molecule has 6 nitrogen and oxygen atoms in total. The highest BCUT2D eigenvalue weighted by atomic mass is 16.5. The lowest BCUT2D eigenvalue weighted by Gasteiger charge is -2.09. The molecule has 3 aromatic rings. The number of amides is 1. The Labute approximate surface area is 145 Å². The number of aromatic nitrogens is 2. The molecule has 0 aliphatic carbocycles. The first-order chi connectivity index (χ1) is 12.1. The maximum Gasteiger partial charge on any atom is 0.329 e. The van der Waals surface area contributed by atoms with E-state index in [2.05, 4.69) is 5.32 Å². The second kappa shape index (κ2) is 7.25. The highest BCUT2D eigenvalue weighted by Gasteiger charge is 2.12. The van der Waals surface area contributed by atoms with Crippen molar-refractivity contribution in [1.82, 2.24) is 14.5 Å². The Balaban J connectivity index is 1.57. The van der Waals surface area contributed by atoms with Crippen LogP contribution in [0.25, 0.3) is 11.0 Å². The Morgan fingerprint density at radius 1 is 1.12 bits per heavy atom. The maximum atomic E-state index is 12.3. The lowest BCUT2D eigenvalue weighted by atomic mass is 10.2. The molecule has 2 aromatic carbocycles. The van der Waals surface area contributed by atoms with E-state index in [0.29, 0.717) is 13.2 Å². The van der Waals surface area contributed by atoms with Crippen molar-refractivity contribution in [2.45, 2.75) is 13.5 Å². The van der Waals surface area contributed by atoms with Crippen LogP contribution in [-0.4, -0.2) is 28.2 Å². The third kappa shape index (κ3) is 3.74. The number of nitrogens with zero attached hydrogens (tertiary/aromatic N) is 2. The standard InChI is InChI=1S/C19H21N3O3/c1-14-6-5-7-15(12-14)25-11-10-20-18(23)13-22-17-9-4-3-8-16(17)21(2)19(22)24/h3-9,12H,10-11,13H2,1-2H3,(H,20,23). The van der Waals surface area contributed by atoms with Crippen LogP contribution < -0.4 is 15.7 Å². The van der Waals surface area contributed by atoms with E-state index in [1.54, 1.807) is 11.6 Å². The van der Waals surface area contributed by atoms with Gasteiger partial charge < -0.3 is 10.1 Å². The van der Waals surface area contributed by atoms with Crippen molar-refractivity contribution < 1.29 is 9.53 Å². The molecule has 0 saturated heterocycles.